The molecule has 0 radical (unpaired) electrons. The maximum atomic E-state index is 13.1. The lowest BCUT2D eigenvalue weighted by Gasteiger charge is -2.39. The van der Waals surface area contributed by atoms with Crippen LogP contribution in [0.25, 0.3) is 0 Å². The lowest BCUT2D eigenvalue weighted by Crippen LogP contribution is -2.72. The highest BCUT2D eigenvalue weighted by molar-refractivity contribution is 5.88. The van der Waals surface area contributed by atoms with E-state index in [0.29, 0.717) is 0 Å². The van der Waals surface area contributed by atoms with E-state index < -0.39 is 34.4 Å². The zero-order valence-corrected chi connectivity index (χ0v) is 18.6. The van der Waals surface area contributed by atoms with E-state index in [4.69, 9.17) is 9.57 Å². The molecule has 10 heteroatoms. The van der Waals surface area contributed by atoms with Crippen LogP contribution in [0, 0.1) is 0 Å². The first-order valence-corrected chi connectivity index (χ1v) is 10.9. The molecular weight excluding hydrogens is 442 g/mol. The highest BCUT2D eigenvalue weighted by atomic mass is 16.6. The van der Waals surface area contributed by atoms with Crippen molar-refractivity contribution in [1.29, 1.82) is 0 Å². The fourth-order valence-corrected chi connectivity index (χ4v) is 3.77. The normalized spacial score (nSPS) is 19.7. The first kappa shape index (κ1) is 25.0. The molecule has 0 bridgehead atoms. The Kier molecular flexibility index (Phi) is 8.86. The van der Waals surface area contributed by atoms with E-state index in [0.717, 1.165) is 11.1 Å². The number of carbonyl (C=O) groups excluding carboxylic acids is 3. The SMILES string of the molecule is O=C(CCC(=O)[N@+]1(C(=O)O)CCNCC1C(=O)OCc1ccccc1)NOCc1ccccc1. The van der Waals surface area contributed by atoms with Gasteiger partial charge in [-0.25, -0.2) is 15.1 Å². The molecule has 1 aliphatic rings. The summed E-state index contributed by atoms with van der Waals surface area (Å²) in [6, 6.07) is 16.9. The fourth-order valence-electron chi connectivity index (χ4n) is 3.77. The molecule has 3 rings (SSSR count). The average Bonchev–Trinajstić information content (AvgIpc) is 2.86. The first-order chi connectivity index (χ1) is 16.4. The van der Waals surface area contributed by atoms with Gasteiger partial charge in [-0.3, -0.25) is 9.63 Å². The molecule has 34 heavy (non-hydrogen) atoms. The number of hydroxylamine groups is 1. The van der Waals surface area contributed by atoms with Gasteiger partial charge in [0.25, 0.3) is 0 Å². The lowest BCUT2D eigenvalue weighted by molar-refractivity contribution is -0.802. The molecular formula is C24H28N3O7+. The molecule has 2 aromatic carbocycles. The van der Waals surface area contributed by atoms with E-state index in [9.17, 15) is 24.3 Å². The van der Waals surface area contributed by atoms with E-state index in [2.05, 4.69) is 10.8 Å². The molecule has 180 valence electrons. The number of carboxylic acid groups (broad SMARTS) is 1. The molecule has 1 unspecified atom stereocenters. The molecule has 1 heterocycles. The van der Waals surface area contributed by atoms with Crippen molar-refractivity contribution >= 4 is 23.9 Å². The Morgan fingerprint density at radius 3 is 2.18 bits per heavy atom. The number of imide groups is 1. The number of piperazine rings is 1. The predicted octanol–water partition coefficient (Wildman–Crippen LogP) is 1.75. The molecule has 1 fully saturated rings. The Morgan fingerprint density at radius 2 is 1.56 bits per heavy atom. The Hall–Kier alpha value is -3.60. The van der Waals surface area contributed by atoms with Gasteiger partial charge in [0.2, 0.25) is 11.9 Å². The largest absolute Gasteiger partial charge is 0.521 e. The van der Waals surface area contributed by atoms with Crippen LogP contribution in [0.1, 0.15) is 24.0 Å². The van der Waals surface area contributed by atoms with Crippen molar-refractivity contribution in [3.8, 4) is 0 Å². The van der Waals surface area contributed by atoms with Crippen LogP contribution in [0.2, 0.25) is 0 Å². The van der Waals surface area contributed by atoms with Gasteiger partial charge in [-0.05, 0) is 11.1 Å². The third kappa shape index (κ3) is 6.25. The van der Waals surface area contributed by atoms with Gasteiger partial charge in [-0.1, -0.05) is 60.7 Å². The Labute approximate surface area is 197 Å². The van der Waals surface area contributed by atoms with Crippen molar-refractivity contribution in [3.63, 3.8) is 0 Å². The maximum absolute atomic E-state index is 13.1. The third-order valence-corrected chi connectivity index (χ3v) is 5.63. The number of benzene rings is 2. The predicted molar refractivity (Wildman–Crippen MR) is 120 cm³/mol. The maximum Gasteiger partial charge on any atom is 0.521 e. The van der Waals surface area contributed by atoms with Gasteiger partial charge in [0.1, 0.15) is 13.2 Å². The molecule has 2 atom stereocenters. The van der Waals surface area contributed by atoms with Crippen LogP contribution in [0.5, 0.6) is 0 Å². The number of hydrogen-bond donors (Lipinski definition) is 3. The van der Waals surface area contributed by atoms with Gasteiger partial charge in [0.15, 0.2) is 0 Å². The quantitative estimate of drug-likeness (QED) is 0.287. The monoisotopic (exact) mass is 470 g/mol. The molecule has 0 aliphatic carbocycles. The Bertz CT molecular complexity index is 1000. The number of nitrogens with zero attached hydrogens (tertiary/aromatic N) is 1. The first-order valence-electron chi connectivity index (χ1n) is 10.9. The number of hydrogen-bond acceptors (Lipinski definition) is 7. The lowest BCUT2D eigenvalue weighted by atomic mass is 10.1. The molecule has 2 aromatic rings. The molecule has 0 saturated carbocycles. The van der Waals surface area contributed by atoms with Crippen LogP contribution in [-0.4, -0.2) is 59.1 Å². The summed E-state index contributed by atoms with van der Waals surface area (Å²) >= 11 is 0. The van der Waals surface area contributed by atoms with Gasteiger partial charge < -0.3 is 15.2 Å². The minimum Gasteiger partial charge on any atom is -0.456 e. The van der Waals surface area contributed by atoms with Crippen LogP contribution in [0.4, 0.5) is 4.79 Å². The van der Waals surface area contributed by atoms with Gasteiger partial charge in [0.05, 0.1) is 19.6 Å². The molecule has 10 nitrogen and oxygen atoms in total. The van der Waals surface area contributed by atoms with Gasteiger partial charge in [0, 0.05) is 13.0 Å². The number of quaternary nitrogens is 1. The highest BCUT2D eigenvalue weighted by Gasteiger charge is 2.56. The standard InChI is InChI=1S/C24H27N3O7/c28-21(26-34-17-19-9-5-2-6-10-19)11-12-22(29)27(24(31)32)14-13-25-15-20(27)23(30)33-16-18-7-3-1-4-8-18/h1-10,20,25H,11-17H2,(H-,26,28,31,32)/p+1/t20?,27-/m0/s1. The van der Waals surface area contributed by atoms with E-state index in [1.807, 2.05) is 36.4 Å². The summed E-state index contributed by atoms with van der Waals surface area (Å²) in [5.74, 6) is -2.09. The second-order valence-corrected chi connectivity index (χ2v) is 7.88. The molecule has 0 spiro atoms. The van der Waals surface area contributed by atoms with Gasteiger partial charge >= 0.3 is 18.0 Å². The van der Waals surface area contributed by atoms with Crippen LogP contribution >= 0.6 is 0 Å². The molecule has 1 saturated heterocycles. The highest BCUT2D eigenvalue weighted by Crippen LogP contribution is 2.22. The van der Waals surface area contributed by atoms with E-state index >= 15 is 0 Å². The average molecular weight is 471 g/mol. The molecule has 3 N–H and O–H groups in total. The number of ether oxygens (including phenoxy) is 1. The van der Waals surface area contributed by atoms with Crippen molar-refractivity contribution in [2.45, 2.75) is 32.1 Å². The van der Waals surface area contributed by atoms with Crippen molar-refractivity contribution in [2.24, 2.45) is 0 Å². The van der Waals surface area contributed by atoms with Crippen molar-refractivity contribution in [3.05, 3.63) is 71.8 Å². The van der Waals surface area contributed by atoms with Crippen LogP contribution in [0.15, 0.2) is 60.7 Å². The number of esters is 1. The summed E-state index contributed by atoms with van der Waals surface area (Å²) in [6.45, 7) is 0.179. The van der Waals surface area contributed by atoms with Gasteiger partial charge in [-0.15, -0.1) is 4.48 Å². The smallest absolute Gasteiger partial charge is 0.456 e. The zero-order valence-electron chi connectivity index (χ0n) is 18.6. The zero-order chi connectivity index (χ0) is 24.4. The van der Waals surface area contributed by atoms with Crippen molar-refractivity contribution in [1.82, 2.24) is 10.8 Å². The van der Waals surface area contributed by atoms with Gasteiger partial charge in [-0.2, -0.15) is 4.79 Å². The summed E-state index contributed by atoms with van der Waals surface area (Å²) in [7, 11) is 0. The van der Waals surface area contributed by atoms with Crippen LogP contribution in [-0.2, 0) is 37.2 Å². The second kappa shape index (κ2) is 12.0. The van der Waals surface area contributed by atoms with Crippen molar-refractivity contribution in [2.75, 3.05) is 19.6 Å². The van der Waals surface area contributed by atoms with E-state index in [-0.39, 0.29) is 45.7 Å². The molecule has 3 amide bonds. The fraction of sp³-hybridized carbons (Fsp3) is 0.333. The number of carbonyl (C=O) groups is 4. The Balaban J connectivity index is 1.59. The minimum absolute atomic E-state index is 0.0297. The second-order valence-electron chi connectivity index (χ2n) is 7.88. The minimum atomic E-state index is -1.45. The third-order valence-electron chi connectivity index (χ3n) is 5.63. The summed E-state index contributed by atoms with van der Waals surface area (Å²) in [6.07, 6.45) is -2.09. The summed E-state index contributed by atoms with van der Waals surface area (Å²) in [5.41, 5.74) is 3.85. The topological polar surface area (TPSA) is 131 Å². The number of rotatable bonds is 9. The Morgan fingerprint density at radius 1 is 0.941 bits per heavy atom. The molecule has 1 aliphatic heterocycles. The number of amides is 3. The van der Waals surface area contributed by atoms with Crippen molar-refractivity contribution < 1.29 is 38.3 Å². The number of nitrogens with one attached hydrogen (secondary N) is 2. The van der Waals surface area contributed by atoms with E-state index in [1.54, 1.807) is 24.3 Å². The molecule has 0 aromatic heterocycles. The summed E-state index contributed by atoms with van der Waals surface area (Å²) in [5, 5.41) is 12.9. The van der Waals surface area contributed by atoms with E-state index in [1.165, 1.54) is 0 Å². The van der Waals surface area contributed by atoms with Crippen LogP contribution in [0.3, 0.4) is 0 Å². The van der Waals surface area contributed by atoms with Crippen LogP contribution < -0.4 is 10.8 Å². The summed E-state index contributed by atoms with van der Waals surface area (Å²) in [4.78, 5) is 55.4. The summed E-state index contributed by atoms with van der Waals surface area (Å²) < 4.78 is 4.22.